The fourth-order valence-electron chi connectivity index (χ4n) is 2.23. The first kappa shape index (κ1) is 12.1. The van der Waals surface area contributed by atoms with Crippen molar-refractivity contribution in [2.45, 2.75) is 37.8 Å². The molecule has 0 bridgehead atoms. The lowest BCUT2D eigenvalue weighted by molar-refractivity contribution is 0.0856. The molecule has 1 saturated heterocycles. The highest BCUT2D eigenvalue weighted by Gasteiger charge is 2.28. The van der Waals surface area contributed by atoms with E-state index < -0.39 is 0 Å². The van der Waals surface area contributed by atoms with Crippen LogP contribution in [0.25, 0.3) is 0 Å². The van der Waals surface area contributed by atoms with Crippen LogP contribution in [0.4, 0.5) is 0 Å². The molecule has 2 N–H and O–H groups in total. The van der Waals surface area contributed by atoms with Gasteiger partial charge in [-0.05, 0) is 43.9 Å². The van der Waals surface area contributed by atoms with Crippen LogP contribution in [0.15, 0.2) is 28.7 Å². The van der Waals surface area contributed by atoms with Gasteiger partial charge in [-0.3, -0.25) is 0 Å². The molecular formula is C13H18BrNO. The minimum atomic E-state index is -0.296. The van der Waals surface area contributed by atoms with E-state index in [4.69, 9.17) is 10.5 Å². The molecule has 1 aliphatic heterocycles. The Bertz CT molecular complexity index is 341. The van der Waals surface area contributed by atoms with Crippen molar-refractivity contribution in [3.05, 3.63) is 34.3 Å². The Morgan fingerprint density at radius 2 is 2.12 bits per heavy atom. The number of hydrogen-bond donors (Lipinski definition) is 1. The van der Waals surface area contributed by atoms with E-state index in [0.29, 0.717) is 6.10 Å². The molecule has 0 aliphatic carbocycles. The standard InChI is InChI=1S/C13H18BrNO/c1-13(15,9-12-3-2-8-16-12)10-4-6-11(14)7-5-10/h4-7,12H,2-3,8-9,15H2,1H3. The van der Waals surface area contributed by atoms with Crippen LogP contribution in [-0.4, -0.2) is 12.7 Å². The summed E-state index contributed by atoms with van der Waals surface area (Å²) in [4.78, 5) is 0. The number of ether oxygens (including phenoxy) is 1. The van der Waals surface area contributed by atoms with Gasteiger partial charge in [-0.1, -0.05) is 28.1 Å². The topological polar surface area (TPSA) is 35.2 Å². The van der Waals surface area contributed by atoms with Crippen molar-refractivity contribution in [1.29, 1.82) is 0 Å². The van der Waals surface area contributed by atoms with Gasteiger partial charge in [0.1, 0.15) is 0 Å². The molecule has 1 heterocycles. The van der Waals surface area contributed by atoms with Crippen molar-refractivity contribution in [2.24, 2.45) is 5.73 Å². The van der Waals surface area contributed by atoms with Crippen LogP contribution in [0.5, 0.6) is 0 Å². The third-order valence-electron chi connectivity index (χ3n) is 3.18. The molecule has 2 unspecified atom stereocenters. The molecule has 2 rings (SSSR count). The van der Waals surface area contributed by atoms with Crippen molar-refractivity contribution in [3.8, 4) is 0 Å². The smallest absolute Gasteiger partial charge is 0.0596 e. The summed E-state index contributed by atoms with van der Waals surface area (Å²) in [5.74, 6) is 0. The molecule has 1 aromatic carbocycles. The van der Waals surface area contributed by atoms with E-state index in [9.17, 15) is 0 Å². The largest absolute Gasteiger partial charge is 0.378 e. The van der Waals surface area contributed by atoms with E-state index in [-0.39, 0.29) is 5.54 Å². The fourth-order valence-corrected chi connectivity index (χ4v) is 2.49. The molecule has 1 aromatic rings. The fraction of sp³-hybridized carbons (Fsp3) is 0.538. The van der Waals surface area contributed by atoms with Crippen molar-refractivity contribution in [1.82, 2.24) is 0 Å². The van der Waals surface area contributed by atoms with Crippen LogP contribution < -0.4 is 5.73 Å². The number of nitrogens with two attached hydrogens (primary N) is 1. The van der Waals surface area contributed by atoms with Gasteiger partial charge >= 0.3 is 0 Å². The average Bonchev–Trinajstić information content (AvgIpc) is 2.70. The predicted molar refractivity (Wildman–Crippen MR) is 69.3 cm³/mol. The van der Waals surface area contributed by atoms with Crippen molar-refractivity contribution in [3.63, 3.8) is 0 Å². The van der Waals surface area contributed by atoms with Gasteiger partial charge in [0.05, 0.1) is 6.10 Å². The number of hydrogen-bond acceptors (Lipinski definition) is 2. The normalized spacial score (nSPS) is 24.3. The van der Waals surface area contributed by atoms with Gasteiger partial charge in [-0.15, -0.1) is 0 Å². The van der Waals surface area contributed by atoms with E-state index >= 15 is 0 Å². The van der Waals surface area contributed by atoms with Gasteiger partial charge in [0.25, 0.3) is 0 Å². The van der Waals surface area contributed by atoms with Gasteiger partial charge in [-0.2, -0.15) is 0 Å². The van der Waals surface area contributed by atoms with E-state index in [1.807, 2.05) is 12.1 Å². The maximum Gasteiger partial charge on any atom is 0.0596 e. The van der Waals surface area contributed by atoms with Crippen LogP contribution in [0.3, 0.4) is 0 Å². The minimum absolute atomic E-state index is 0.296. The van der Waals surface area contributed by atoms with Crippen LogP contribution in [0.1, 0.15) is 31.7 Å². The number of benzene rings is 1. The first-order chi connectivity index (χ1) is 7.58. The van der Waals surface area contributed by atoms with Gasteiger partial charge in [0, 0.05) is 16.6 Å². The Morgan fingerprint density at radius 1 is 1.44 bits per heavy atom. The van der Waals surface area contributed by atoms with E-state index in [2.05, 4.69) is 35.0 Å². The summed E-state index contributed by atoms with van der Waals surface area (Å²) in [6.07, 6.45) is 3.54. The molecule has 2 nitrogen and oxygen atoms in total. The molecule has 0 radical (unpaired) electrons. The Balaban J connectivity index is 2.07. The second kappa shape index (κ2) is 4.86. The summed E-state index contributed by atoms with van der Waals surface area (Å²) in [7, 11) is 0. The first-order valence-electron chi connectivity index (χ1n) is 5.74. The highest BCUT2D eigenvalue weighted by molar-refractivity contribution is 9.10. The second-order valence-corrected chi connectivity index (χ2v) is 5.68. The summed E-state index contributed by atoms with van der Waals surface area (Å²) in [6.45, 7) is 2.97. The Labute approximate surface area is 105 Å². The van der Waals surface area contributed by atoms with Crippen LogP contribution in [0.2, 0.25) is 0 Å². The molecular weight excluding hydrogens is 266 g/mol. The van der Waals surface area contributed by atoms with E-state index in [1.165, 1.54) is 12.0 Å². The summed E-state index contributed by atoms with van der Waals surface area (Å²) in [5, 5.41) is 0. The molecule has 0 aromatic heterocycles. The first-order valence-corrected chi connectivity index (χ1v) is 6.54. The Hall–Kier alpha value is -0.380. The maximum absolute atomic E-state index is 6.37. The molecule has 16 heavy (non-hydrogen) atoms. The van der Waals surface area contributed by atoms with Gasteiger partial charge in [0.15, 0.2) is 0 Å². The highest BCUT2D eigenvalue weighted by atomic mass is 79.9. The van der Waals surface area contributed by atoms with Crippen LogP contribution in [0, 0.1) is 0 Å². The predicted octanol–water partition coefficient (Wildman–Crippen LogP) is 3.19. The SMILES string of the molecule is CC(N)(CC1CCCO1)c1ccc(Br)cc1. The highest BCUT2D eigenvalue weighted by Crippen LogP contribution is 2.29. The van der Waals surface area contributed by atoms with Crippen molar-refractivity contribution in [2.75, 3.05) is 6.61 Å². The maximum atomic E-state index is 6.37. The monoisotopic (exact) mass is 283 g/mol. The molecule has 88 valence electrons. The molecule has 3 heteroatoms. The second-order valence-electron chi connectivity index (χ2n) is 4.76. The zero-order valence-electron chi connectivity index (χ0n) is 9.58. The summed E-state index contributed by atoms with van der Waals surface area (Å²) in [6, 6.07) is 8.24. The third-order valence-corrected chi connectivity index (χ3v) is 3.71. The number of halogens is 1. The van der Waals surface area contributed by atoms with Crippen molar-refractivity contribution < 1.29 is 4.74 Å². The average molecular weight is 284 g/mol. The zero-order chi connectivity index (χ0) is 11.6. The van der Waals surface area contributed by atoms with Crippen molar-refractivity contribution >= 4 is 15.9 Å². The molecule has 0 amide bonds. The van der Waals surface area contributed by atoms with Gasteiger partial charge in [-0.25, -0.2) is 0 Å². The lowest BCUT2D eigenvalue weighted by Gasteiger charge is -2.28. The van der Waals surface area contributed by atoms with E-state index in [0.717, 1.165) is 23.9 Å². The minimum Gasteiger partial charge on any atom is -0.378 e. The summed E-state index contributed by atoms with van der Waals surface area (Å²) >= 11 is 3.43. The summed E-state index contributed by atoms with van der Waals surface area (Å²) < 4.78 is 6.73. The molecule has 0 saturated carbocycles. The van der Waals surface area contributed by atoms with Crippen LogP contribution in [-0.2, 0) is 10.3 Å². The zero-order valence-corrected chi connectivity index (χ0v) is 11.2. The molecule has 1 aliphatic rings. The lowest BCUT2D eigenvalue weighted by atomic mass is 9.87. The van der Waals surface area contributed by atoms with Crippen LogP contribution >= 0.6 is 15.9 Å². The van der Waals surface area contributed by atoms with Gasteiger partial charge < -0.3 is 10.5 Å². The molecule has 0 spiro atoms. The van der Waals surface area contributed by atoms with E-state index in [1.54, 1.807) is 0 Å². The molecule has 1 fully saturated rings. The number of rotatable bonds is 3. The Kier molecular flexibility index (Phi) is 3.67. The Morgan fingerprint density at radius 3 is 2.69 bits per heavy atom. The summed E-state index contributed by atoms with van der Waals surface area (Å²) in [5.41, 5.74) is 7.25. The van der Waals surface area contributed by atoms with Gasteiger partial charge in [0.2, 0.25) is 0 Å². The molecule has 2 atom stereocenters. The third kappa shape index (κ3) is 2.84. The quantitative estimate of drug-likeness (QED) is 0.925. The lowest BCUT2D eigenvalue weighted by Crippen LogP contribution is -2.36.